The monoisotopic (exact) mass is 367 g/mol. The van der Waals surface area contributed by atoms with E-state index in [2.05, 4.69) is 20.3 Å². The number of thioether (sulfide) groups is 1. The van der Waals surface area contributed by atoms with E-state index in [9.17, 15) is 5.11 Å². The standard InChI is InChI=1S/C19H21N5OS/c25-18-10-14(24-9-8-21-13-24)3-4-16(18)17-11-23-19(12-22-17)26-15-2-1-6-20-7-5-15/h3-4,8-13,15,20,25H,1-2,5-7H2/t15-/m0/s1. The number of phenols is 1. The number of rotatable bonds is 4. The first-order valence-electron chi connectivity index (χ1n) is 8.81. The summed E-state index contributed by atoms with van der Waals surface area (Å²) in [6.07, 6.45) is 12.4. The maximum atomic E-state index is 10.4. The molecule has 1 aromatic carbocycles. The summed E-state index contributed by atoms with van der Waals surface area (Å²) in [7, 11) is 0. The van der Waals surface area contributed by atoms with Crippen LogP contribution in [0.5, 0.6) is 5.75 Å². The minimum Gasteiger partial charge on any atom is -0.507 e. The number of nitrogens with one attached hydrogen (secondary N) is 1. The third-order valence-corrected chi connectivity index (χ3v) is 5.76. The topological polar surface area (TPSA) is 75.9 Å². The highest BCUT2D eigenvalue weighted by atomic mass is 32.2. The zero-order valence-electron chi connectivity index (χ0n) is 14.4. The maximum absolute atomic E-state index is 10.4. The average molecular weight is 367 g/mol. The highest BCUT2D eigenvalue weighted by Crippen LogP contribution is 2.31. The van der Waals surface area contributed by atoms with Gasteiger partial charge < -0.3 is 15.0 Å². The Morgan fingerprint density at radius 1 is 1.15 bits per heavy atom. The third kappa shape index (κ3) is 3.89. The van der Waals surface area contributed by atoms with Crippen LogP contribution < -0.4 is 5.32 Å². The fourth-order valence-electron chi connectivity index (χ4n) is 3.10. The van der Waals surface area contributed by atoms with Gasteiger partial charge >= 0.3 is 0 Å². The first-order valence-corrected chi connectivity index (χ1v) is 9.69. The van der Waals surface area contributed by atoms with Gasteiger partial charge in [-0.2, -0.15) is 0 Å². The van der Waals surface area contributed by atoms with E-state index in [-0.39, 0.29) is 5.75 Å². The Hall–Kier alpha value is -2.38. The van der Waals surface area contributed by atoms with E-state index in [1.54, 1.807) is 36.5 Å². The number of hydrogen-bond donors (Lipinski definition) is 2. The summed E-state index contributed by atoms with van der Waals surface area (Å²) >= 11 is 1.80. The molecule has 26 heavy (non-hydrogen) atoms. The van der Waals surface area contributed by atoms with Crippen LogP contribution in [0.15, 0.2) is 54.3 Å². The van der Waals surface area contributed by atoms with Crippen molar-refractivity contribution in [2.45, 2.75) is 29.5 Å². The number of phenolic OH excluding ortho intramolecular Hbond substituents is 1. The number of benzene rings is 1. The van der Waals surface area contributed by atoms with Gasteiger partial charge in [-0.1, -0.05) is 0 Å². The molecule has 1 atom stereocenters. The van der Waals surface area contributed by atoms with Crippen molar-refractivity contribution in [3.8, 4) is 22.7 Å². The second kappa shape index (κ2) is 7.88. The number of aromatic nitrogens is 4. The maximum Gasteiger partial charge on any atom is 0.127 e. The van der Waals surface area contributed by atoms with Crippen LogP contribution in [-0.4, -0.2) is 43.0 Å². The molecule has 1 aliphatic heterocycles. The summed E-state index contributed by atoms with van der Waals surface area (Å²) in [6.45, 7) is 2.18. The first-order chi connectivity index (χ1) is 12.8. The second-order valence-electron chi connectivity index (χ2n) is 6.33. The minimum absolute atomic E-state index is 0.181. The summed E-state index contributed by atoms with van der Waals surface area (Å²) in [5, 5.41) is 15.4. The van der Waals surface area contributed by atoms with Gasteiger partial charge in [-0.25, -0.2) is 9.97 Å². The largest absolute Gasteiger partial charge is 0.507 e. The smallest absolute Gasteiger partial charge is 0.127 e. The van der Waals surface area contributed by atoms with Crippen molar-refractivity contribution in [2.24, 2.45) is 0 Å². The summed E-state index contributed by atoms with van der Waals surface area (Å²) in [5.41, 5.74) is 2.20. The van der Waals surface area contributed by atoms with Crippen LogP contribution in [0.1, 0.15) is 19.3 Å². The Labute approximate surface area is 156 Å². The van der Waals surface area contributed by atoms with Gasteiger partial charge in [-0.05, 0) is 44.5 Å². The van der Waals surface area contributed by atoms with Gasteiger partial charge in [0.15, 0.2) is 0 Å². The molecule has 1 aliphatic rings. The molecule has 0 amide bonds. The van der Waals surface area contributed by atoms with Crippen LogP contribution in [0, 0.1) is 0 Å². The molecule has 134 valence electrons. The van der Waals surface area contributed by atoms with E-state index in [1.165, 1.54) is 12.8 Å². The fraction of sp³-hybridized carbons (Fsp3) is 0.316. The Bertz CT molecular complexity index is 843. The van der Waals surface area contributed by atoms with Gasteiger partial charge in [0, 0.05) is 29.3 Å². The van der Waals surface area contributed by atoms with E-state index >= 15 is 0 Å². The lowest BCUT2D eigenvalue weighted by Gasteiger charge is -2.12. The summed E-state index contributed by atoms with van der Waals surface area (Å²) < 4.78 is 1.84. The predicted octanol–water partition coefficient (Wildman–Crippen LogP) is 3.27. The molecule has 6 nitrogen and oxygen atoms in total. The Morgan fingerprint density at radius 2 is 2.12 bits per heavy atom. The number of hydrogen-bond acceptors (Lipinski definition) is 6. The van der Waals surface area contributed by atoms with Crippen molar-refractivity contribution in [1.82, 2.24) is 24.8 Å². The zero-order chi connectivity index (χ0) is 17.8. The molecule has 0 radical (unpaired) electrons. The summed E-state index contributed by atoms with van der Waals surface area (Å²) in [6, 6.07) is 5.50. The van der Waals surface area contributed by atoms with Crippen molar-refractivity contribution in [2.75, 3.05) is 13.1 Å². The molecule has 0 aliphatic carbocycles. The number of imidazole rings is 1. The molecule has 0 spiro atoms. The quantitative estimate of drug-likeness (QED) is 0.737. The van der Waals surface area contributed by atoms with Crippen LogP contribution >= 0.6 is 11.8 Å². The van der Waals surface area contributed by atoms with E-state index in [0.717, 1.165) is 30.2 Å². The van der Waals surface area contributed by atoms with Crippen LogP contribution in [0.4, 0.5) is 0 Å². The molecule has 0 saturated carbocycles. The highest BCUT2D eigenvalue weighted by Gasteiger charge is 2.15. The molecular formula is C19H21N5OS. The molecule has 2 aromatic heterocycles. The summed E-state index contributed by atoms with van der Waals surface area (Å²) in [5.74, 6) is 0.181. The van der Waals surface area contributed by atoms with E-state index in [0.29, 0.717) is 16.5 Å². The fourth-order valence-corrected chi connectivity index (χ4v) is 4.19. The van der Waals surface area contributed by atoms with Crippen molar-refractivity contribution in [3.63, 3.8) is 0 Å². The van der Waals surface area contributed by atoms with Crippen molar-refractivity contribution in [3.05, 3.63) is 49.3 Å². The van der Waals surface area contributed by atoms with Gasteiger partial charge in [0.05, 0.1) is 30.1 Å². The van der Waals surface area contributed by atoms with Crippen molar-refractivity contribution in [1.29, 1.82) is 0 Å². The first kappa shape index (κ1) is 17.1. The molecule has 1 saturated heterocycles. The van der Waals surface area contributed by atoms with Gasteiger partial charge in [0.25, 0.3) is 0 Å². The lowest BCUT2D eigenvalue weighted by atomic mass is 10.1. The lowest BCUT2D eigenvalue weighted by Crippen LogP contribution is -2.14. The van der Waals surface area contributed by atoms with Crippen LogP contribution in [0.3, 0.4) is 0 Å². The molecule has 3 heterocycles. The normalized spacial score (nSPS) is 17.8. The van der Waals surface area contributed by atoms with Gasteiger partial charge in [-0.15, -0.1) is 11.8 Å². The number of nitrogens with zero attached hydrogens (tertiary/aromatic N) is 4. The molecule has 7 heteroatoms. The van der Waals surface area contributed by atoms with Crippen molar-refractivity contribution >= 4 is 11.8 Å². The molecule has 1 fully saturated rings. The second-order valence-corrected chi connectivity index (χ2v) is 7.65. The third-order valence-electron chi connectivity index (χ3n) is 4.50. The van der Waals surface area contributed by atoms with Gasteiger partial charge in [0.1, 0.15) is 10.8 Å². The predicted molar refractivity (Wildman–Crippen MR) is 103 cm³/mol. The van der Waals surface area contributed by atoms with Gasteiger partial charge in [-0.3, -0.25) is 4.98 Å². The minimum atomic E-state index is 0.181. The van der Waals surface area contributed by atoms with E-state index < -0.39 is 0 Å². The zero-order valence-corrected chi connectivity index (χ0v) is 15.2. The molecular weight excluding hydrogens is 346 g/mol. The van der Waals surface area contributed by atoms with Crippen LogP contribution in [0.25, 0.3) is 16.9 Å². The molecule has 0 unspecified atom stereocenters. The van der Waals surface area contributed by atoms with E-state index in [4.69, 9.17) is 0 Å². The Kier molecular flexibility index (Phi) is 5.17. The van der Waals surface area contributed by atoms with Gasteiger partial charge in [0.2, 0.25) is 0 Å². The van der Waals surface area contributed by atoms with Crippen LogP contribution in [-0.2, 0) is 0 Å². The lowest BCUT2D eigenvalue weighted by molar-refractivity contribution is 0.477. The van der Waals surface area contributed by atoms with Crippen LogP contribution in [0.2, 0.25) is 0 Å². The number of aromatic hydroxyl groups is 1. The summed E-state index contributed by atoms with van der Waals surface area (Å²) in [4.78, 5) is 13.1. The molecule has 2 N–H and O–H groups in total. The Morgan fingerprint density at radius 3 is 2.88 bits per heavy atom. The SMILES string of the molecule is Oc1cc(-n2ccnc2)ccc1-c1cnc(S[C@H]2CCCNCC2)cn1. The molecule has 0 bridgehead atoms. The Balaban J connectivity index is 1.49. The van der Waals surface area contributed by atoms with E-state index in [1.807, 2.05) is 29.1 Å². The highest BCUT2D eigenvalue weighted by molar-refractivity contribution is 7.99. The molecule has 4 rings (SSSR count). The molecule has 3 aromatic rings. The van der Waals surface area contributed by atoms with Crippen molar-refractivity contribution < 1.29 is 5.11 Å². The average Bonchev–Trinajstić information content (AvgIpc) is 3.08.